The number of hydrogen-bond donors (Lipinski definition) is 3. The van der Waals surface area contributed by atoms with E-state index in [9.17, 15) is 10.2 Å². The zero-order valence-electron chi connectivity index (χ0n) is 12.7. The standard InChI is InChI=1S/C16H22ClNO5/c17-11-4-2-10(3-5-11)8-18-9-12-15-13(19)14(20)16(23-12)22-7-1-6-21-15/h2-5,12-16,18-20H,1,6-9H2. The third kappa shape index (κ3) is 4.22. The van der Waals surface area contributed by atoms with Crippen molar-refractivity contribution < 1.29 is 24.4 Å². The van der Waals surface area contributed by atoms with Gasteiger partial charge in [-0.2, -0.15) is 0 Å². The van der Waals surface area contributed by atoms with Gasteiger partial charge in [-0.05, 0) is 24.1 Å². The molecule has 7 heteroatoms. The second-order valence-electron chi connectivity index (χ2n) is 5.84. The second kappa shape index (κ2) is 7.90. The van der Waals surface area contributed by atoms with Crippen molar-refractivity contribution in [3.05, 3.63) is 34.9 Å². The van der Waals surface area contributed by atoms with Crippen LogP contribution in [0.4, 0.5) is 0 Å². The van der Waals surface area contributed by atoms with Crippen molar-refractivity contribution in [2.75, 3.05) is 19.8 Å². The van der Waals surface area contributed by atoms with Crippen LogP contribution in [0.3, 0.4) is 0 Å². The molecule has 2 bridgehead atoms. The molecule has 1 aromatic carbocycles. The summed E-state index contributed by atoms with van der Waals surface area (Å²) in [6.45, 7) is 2.04. The molecule has 128 valence electrons. The van der Waals surface area contributed by atoms with E-state index in [1.54, 1.807) is 0 Å². The largest absolute Gasteiger partial charge is 0.387 e. The quantitative estimate of drug-likeness (QED) is 0.746. The summed E-state index contributed by atoms with van der Waals surface area (Å²) in [5.74, 6) is 0. The van der Waals surface area contributed by atoms with E-state index in [0.717, 1.165) is 5.56 Å². The van der Waals surface area contributed by atoms with E-state index in [1.165, 1.54) is 0 Å². The van der Waals surface area contributed by atoms with Crippen LogP contribution in [0.25, 0.3) is 0 Å². The summed E-state index contributed by atoms with van der Waals surface area (Å²) >= 11 is 5.87. The molecule has 6 nitrogen and oxygen atoms in total. The summed E-state index contributed by atoms with van der Waals surface area (Å²) in [5.41, 5.74) is 1.10. The Morgan fingerprint density at radius 2 is 1.83 bits per heavy atom. The molecular formula is C16H22ClNO5. The second-order valence-corrected chi connectivity index (χ2v) is 6.28. The van der Waals surface area contributed by atoms with Gasteiger partial charge in [-0.25, -0.2) is 0 Å². The SMILES string of the molecule is OC1C2OCCCOC(C(CNCc3ccc(Cl)cc3)O2)C1O. The Bertz CT molecular complexity index is 498. The molecule has 5 unspecified atom stereocenters. The summed E-state index contributed by atoms with van der Waals surface area (Å²) in [7, 11) is 0. The molecule has 3 aliphatic heterocycles. The number of benzene rings is 1. The lowest BCUT2D eigenvalue weighted by molar-refractivity contribution is -0.292. The molecule has 1 aromatic rings. The lowest BCUT2D eigenvalue weighted by Crippen LogP contribution is -2.60. The van der Waals surface area contributed by atoms with Gasteiger partial charge in [0.2, 0.25) is 0 Å². The monoisotopic (exact) mass is 343 g/mol. The average molecular weight is 344 g/mol. The Morgan fingerprint density at radius 3 is 2.61 bits per heavy atom. The molecule has 3 fully saturated rings. The van der Waals surface area contributed by atoms with Gasteiger partial charge < -0.3 is 29.7 Å². The maximum absolute atomic E-state index is 10.2. The van der Waals surface area contributed by atoms with Crippen LogP contribution >= 0.6 is 11.6 Å². The van der Waals surface area contributed by atoms with Crippen LogP contribution in [0, 0.1) is 0 Å². The zero-order valence-corrected chi connectivity index (χ0v) is 13.5. The Morgan fingerprint density at radius 1 is 1.09 bits per heavy atom. The van der Waals surface area contributed by atoms with E-state index in [-0.39, 0.29) is 6.10 Å². The van der Waals surface area contributed by atoms with Gasteiger partial charge in [0.1, 0.15) is 24.4 Å². The maximum atomic E-state index is 10.2. The highest BCUT2D eigenvalue weighted by Crippen LogP contribution is 2.26. The normalized spacial score (nSPS) is 34.7. The highest BCUT2D eigenvalue weighted by molar-refractivity contribution is 6.30. The Labute approximate surface area is 140 Å². The number of fused-ring (bicyclic) bond motifs is 6. The summed E-state index contributed by atoms with van der Waals surface area (Å²) in [5, 5.41) is 24.3. The minimum atomic E-state index is -1.09. The smallest absolute Gasteiger partial charge is 0.186 e. The van der Waals surface area contributed by atoms with Crippen molar-refractivity contribution in [3.63, 3.8) is 0 Å². The lowest BCUT2D eigenvalue weighted by atomic mass is 9.98. The summed E-state index contributed by atoms with van der Waals surface area (Å²) < 4.78 is 16.9. The summed E-state index contributed by atoms with van der Waals surface area (Å²) in [6.07, 6.45) is -3.17. The molecule has 3 aliphatic rings. The number of aliphatic hydroxyl groups is 2. The first-order valence-corrected chi connectivity index (χ1v) is 8.23. The molecule has 23 heavy (non-hydrogen) atoms. The minimum absolute atomic E-state index is 0.385. The van der Waals surface area contributed by atoms with E-state index in [0.29, 0.717) is 37.7 Å². The van der Waals surface area contributed by atoms with Crippen molar-refractivity contribution in [3.8, 4) is 0 Å². The molecule has 5 atom stereocenters. The average Bonchev–Trinajstić information content (AvgIpc) is 2.69. The highest BCUT2D eigenvalue weighted by Gasteiger charge is 2.46. The first-order chi connectivity index (χ1) is 11.1. The Kier molecular flexibility index (Phi) is 5.87. The van der Waals surface area contributed by atoms with Gasteiger partial charge in [0.25, 0.3) is 0 Å². The van der Waals surface area contributed by atoms with Gasteiger partial charge in [0.15, 0.2) is 6.29 Å². The topological polar surface area (TPSA) is 80.2 Å². The van der Waals surface area contributed by atoms with Crippen LogP contribution < -0.4 is 5.32 Å². The molecule has 0 aromatic heterocycles. The molecule has 0 amide bonds. The maximum Gasteiger partial charge on any atom is 0.186 e. The molecule has 0 spiro atoms. The van der Waals surface area contributed by atoms with Crippen molar-refractivity contribution in [2.24, 2.45) is 0 Å². The van der Waals surface area contributed by atoms with Crippen molar-refractivity contribution in [1.82, 2.24) is 5.32 Å². The minimum Gasteiger partial charge on any atom is -0.387 e. The molecular weight excluding hydrogens is 322 g/mol. The summed E-state index contributed by atoms with van der Waals surface area (Å²) in [4.78, 5) is 0. The fourth-order valence-corrected chi connectivity index (χ4v) is 2.98. The van der Waals surface area contributed by atoms with Gasteiger partial charge >= 0.3 is 0 Å². The number of halogens is 1. The van der Waals surface area contributed by atoms with E-state index < -0.39 is 24.6 Å². The number of rotatable bonds is 4. The Balaban J connectivity index is 1.58. The number of hydrogen-bond acceptors (Lipinski definition) is 6. The number of nitrogens with one attached hydrogen (secondary N) is 1. The Hall–Kier alpha value is -0.730. The van der Waals surface area contributed by atoms with Gasteiger partial charge in [-0.1, -0.05) is 23.7 Å². The molecule has 0 saturated carbocycles. The van der Waals surface area contributed by atoms with E-state index >= 15 is 0 Å². The van der Waals surface area contributed by atoms with E-state index in [4.69, 9.17) is 25.8 Å². The van der Waals surface area contributed by atoms with Crippen LogP contribution in [-0.4, -0.2) is 60.7 Å². The van der Waals surface area contributed by atoms with Crippen LogP contribution in [-0.2, 0) is 20.8 Å². The van der Waals surface area contributed by atoms with Crippen LogP contribution in [0.5, 0.6) is 0 Å². The van der Waals surface area contributed by atoms with Crippen LogP contribution in [0.1, 0.15) is 12.0 Å². The third-order valence-electron chi connectivity index (χ3n) is 4.11. The van der Waals surface area contributed by atoms with Gasteiger partial charge in [0, 0.05) is 24.7 Å². The predicted molar refractivity (Wildman–Crippen MR) is 84.1 cm³/mol. The van der Waals surface area contributed by atoms with Crippen LogP contribution in [0.2, 0.25) is 5.02 Å². The summed E-state index contributed by atoms with van der Waals surface area (Å²) in [6, 6.07) is 7.58. The van der Waals surface area contributed by atoms with Crippen LogP contribution in [0.15, 0.2) is 24.3 Å². The molecule has 3 N–H and O–H groups in total. The fourth-order valence-electron chi connectivity index (χ4n) is 2.85. The van der Waals surface area contributed by atoms with Gasteiger partial charge in [-0.3, -0.25) is 0 Å². The molecule has 3 heterocycles. The molecule has 3 saturated heterocycles. The molecule has 0 aliphatic carbocycles. The first-order valence-electron chi connectivity index (χ1n) is 7.85. The highest BCUT2D eigenvalue weighted by atomic mass is 35.5. The number of aliphatic hydroxyl groups excluding tert-OH is 2. The lowest BCUT2D eigenvalue weighted by Gasteiger charge is -2.41. The third-order valence-corrected chi connectivity index (χ3v) is 4.36. The van der Waals surface area contributed by atoms with E-state index in [1.807, 2.05) is 24.3 Å². The fraction of sp³-hybridized carbons (Fsp3) is 0.625. The zero-order chi connectivity index (χ0) is 16.2. The molecule has 4 rings (SSSR count). The van der Waals surface area contributed by atoms with Gasteiger partial charge in [0.05, 0.1) is 6.61 Å². The first kappa shape index (κ1) is 17.1. The van der Waals surface area contributed by atoms with Gasteiger partial charge in [-0.15, -0.1) is 0 Å². The van der Waals surface area contributed by atoms with E-state index in [2.05, 4.69) is 5.32 Å². The van der Waals surface area contributed by atoms with Crippen molar-refractivity contribution in [1.29, 1.82) is 0 Å². The molecule has 0 radical (unpaired) electrons. The van der Waals surface area contributed by atoms with Crippen molar-refractivity contribution in [2.45, 2.75) is 43.7 Å². The van der Waals surface area contributed by atoms with Crippen molar-refractivity contribution >= 4 is 11.6 Å². The predicted octanol–water partition coefficient (Wildman–Crippen LogP) is 0.682. The number of ether oxygens (including phenoxy) is 3.